The lowest BCUT2D eigenvalue weighted by Gasteiger charge is -2.23. The van der Waals surface area contributed by atoms with Gasteiger partial charge in [-0.05, 0) is 19.4 Å². The molecule has 0 bridgehead atoms. The van der Waals surface area contributed by atoms with E-state index in [1.807, 2.05) is 0 Å². The number of hydrogen-bond donors (Lipinski definition) is 2. The summed E-state index contributed by atoms with van der Waals surface area (Å²) in [7, 11) is 0. The smallest absolute Gasteiger partial charge is 0.252 e. The molecule has 2 nitrogen and oxygen atoms in total. The van der Waals surface area contributed by atoms with Crippen molar-refractivity contribution in [1.29, 1.82) is 0 Å². The Labute approximate surface area is 71.0 Å². The van der Waals surface area contributed by atoms with E-state index in [0.29, 0.717) is 19.5 Å². The van der Waals surface area contributed by atoms with Crippen molar-refractivity contribution in [3.63, 3.8) is 0 Å². The summed E-state index contributed by atoms with van der Waals surface area (Å²) in [6, 6.07) is 0. The Kier molecular flexibility index (Phi) is 3.40. The number of nitrogens with one attached hydrogen (secondary N) is 1. The average molecular weight is 179 g/mol. The van der Waals surface area contributed by atoms with Crippen LogP contribution < -0.4 is 5.32 Å². The van der Waals surface area contributed by atoms with Gasteiger partial charge in [0, 0.05) is 25.5 Å². The summed E-state index contributed by atoms with van der Waals surface area (Å²) in [6.07, 6.45) is 0.583. The van der Waals surface area contributed by atoms with Gasteiger partial charge < -0.3 is 10.4 Å². The lowest BCUT2D eigenvalue weighted by Crippen LogP contribution is -2.28. The highest BCUT2D eigenvalue weighted by atomic mass is 19.3. The molecular formula is C8H15F2NO. The first kappa shape index (κ1) is 9.86. The Balaban J connectivity index is 2.52. The molecule has 1 aliphatic rings. The van der Waals surface area contributed by atoms with Crippen molar-refractivity contribution < 1.29 is 13.9 Å². The van der Waals surface area contributed by atoms with Crippen LogP contribution >= 0.6 is 0 Å². The molecule has 1 rings (SSSR count). The van der Waals surface area contributed by atoms with Gasteiger partial charge in [0.15, 0.2) is 0 Å². The first-order valence-corrected chi connectivity index (χ1v) is 4.36. The molecule has 0 spiro atoms. The summed E-state index contributed by atoms with van der Waals surface area (Å²) >= 11 is 0. The zero-order valence-corrected chi connectivity index (χ0v) is 7.02. The molecule has 0 saturated carbocycles. The monoisotopic (exact) mass is 179 g/mol. The van der Waals surface area contributed by atoms with Gasteiger partial charge in [0.25, 0.3) is 5.92 Å². The van der Waals surface area contributed by atoms with E-state index < -0.39 is 11.8 Å². The lowest BCUT2D eigenvalue weighted by molar-refractivity contribution is -0.0673. The first-order valence-electron chi connectivity index (χ1n) is 4.36. The maximum absolute atomic E-state index is 13.2. The number of aliphatic hydroxyl groups is 1. The molecule has 12 heavy (non-hydrogen) atoms. The minimum Gasteiger partial charge on any atom is -0.396 e. The van der Waals surface area contributed by atoms with Gasteiger partial charge in [-0.15, -0.1) is 0 Å². The van der Waals surface area contributed by atoms with E-state index in [4.69, 9.17) is 5.11 Å². The van der Waals surface area contributed by atoms with Crippen LogP contribution in [0.15, 0.2) is 0 Å². The van der Waals surface area contributed by atoms with Gasteiger partial charge in [-0.2, -0.15) is 0 Å². The van der Waals surface area contributed by atoms with Crippen molar-refractivity contribution in [3.05, 3.63) is 0 Å². The first-order chi connectivity index (χ1) is 5.67. The average Bonchev–Trinajstić information content (AvgIpc) is 2.15. The highest BCUT2D eigenvalue weighted by Crippen LogP contribution is 2.33. The van der Waals surface area contributed by atoms with Crippen LogP contribution in [-0.4, -0.2) is 30.7 Å². The molecule has 1 fully saturated rings. The van der Waals surface area contributed by atoms with Crippen molar-refractivity contribution in [1.82, 2.24) is 5.32 Å². The van der Waals surface area contributed by atoms with Crippen molar-refractivity contribution in [2.24, 2.45) is 5.92 Å². The van der Waals surface area contributed by atoms with Crippen LogP contribution in [0.3, 0.4) is 0 Å². The number of aliphatic hydroxyl groups excluding tert-OH is 1. The minimum absolute atomic E-state index is 0.0995. The van der Waals surface area contributed by atoms with Crippen LogP contribution in [0.4, 0.5) is 8.78 Å². The highest BCUT2D eigenvalue weighted by Gasteiger charge is 2.39. The van der Waals surface area contributed by atoms with Gasteiger partial charge in [-0.25, -0.2) is 8.78 Å². The second-order valence-electron chi connectivity index (χ2n) is 3.26. The maximum Gasteiger partial charge on any atom is 0.252 e. The fourth-order valence-electron chi connectivity index (χ4n) is 1.58. The van der Waals surface area contributed by atoms with E-state index in [1.54, 1.807) is 0 Å². The fourth-order valence-corrected chi connectivity index (χ4v) is 1.58. The zero-order chi connectivity index (χ0) is 9.03. The summed E-state index contributed by atoms with van der Waals surface area (Å²) in [5, 5.41) is 11.5. The zero-order valence-electron chi connectivity index (χ0n) is 7.02. The summed E-state index contributed by atoms with van der Waals surface area (Å²) in [6.45, 7) is 0.884. The van der Waals surface area contributed by atoms with E-state index >= 15 is 0 Å². The van der Waals surface area contributed by atoms with E-state index in [-0.39, 0.29) is 19.4 Å². The van der Waals surface area contributed by atoms with Gasteiger partial charge in [-0.3, -0.25) is 0 Å². The minimum atomic E-state index is -2.59. The standard InChI is InChI=1S/C8H15F2NO/c9-8(10)3-5-11-4-1-7(8)2-6-12/h7,11-12H,1-6H2. The predicted molar refractivity (Wildman–Crippen MR) is 42.2 cm³/mol. The number of hydrogen-bond acceptors (Lipinski definition) is 2. The van der Waals surface area contributed by atoms with Crippen LogP contribution in [0.1, 0.15) is 19.3 Å². The Morgan fingerprint density at radius 1 is 1.42 bits per heavy atom. The second-order valence-corrected chi connectivity index (χ2v) is 3.26. The third-order valence-corrected chi connectivity index (χ3v) is 2.38. The molecule has 1 saturated heterocycles. The molecule has 1 atom stereocenters. The molecule has 0 aromatic rings. The Morgan fingerprint density at radius 2 is 2.17 bits per heavy atom. The fraction of sp³-hybridized carbons (Fsp3) is 1.00. The lowest BCUT2D eigenvalue weighted by atomic mass is 9.93. The van der Waals surface area contributed by atoms with Crippen molar-refractivity contribution in [3.8, 4) is 0 Å². The van der Waals surface area contributed by atoms with Crippen LogP contribution in [0.25, 0.3) is 0 Å². The molecular weight excluding hydrogens is 164 g/mol. The van der Waals surface area contributed by atoms with Crippen LogP contribution in [0.2, 0.25) is 0 Å². The van der Waals surface area contributed by atoms with Crippen LogP contribution in [-0.2, 0) is 0 Å². The molecule has 1 aliphatic heterocycles. The van der Waals surface area contributed by atoms with Gasteiger partial charge in [-0.1, -0.05) is 0 Å². The van der Waals surface area contributed by atoms with Gasteiger partial charge >= 0.3 is 0 Å². The molecule has 0 aromatic carbocycles. The summed E-state index contributed by atoms with van der Waals surface area (Å²) in [5.74, 6) is -3.23. The normalized spacial score (nSPS) is 29.8. The third kappa shape index (κ3) is 2.38. The molecule has 1 heterocycles. The Hall–Kier alpha value is -0.220. The molecule has 4 heteroatoms. The van der Waals surface area contributed by atoms with Gasteiger partial charge in [0.2, 0.25) is 0 Å². The summed E-state index contributed by atoms with van der Waals surface area (Å²) in [4.78, 5) is 0. The topological polar surface area (TPSA) is 32.3 Å². The van der Waals surface area contributed by atoms with E-state index in [9.17, 15) is 8.78 Å². The number of rotatable bonds is 2. The SMILES string of the molecule is OCCC1CCNCCC1(F)F. The van der Waals surface area contributed by atoms with Crippen molar-refractivity contribution in [2.45, 2.75) is 25.2 Å². The molecule has 0 radical (unpaired) electrons. The second kappa shape index (κ2) is 4.14. The number of alkyl halides is 2. The van der Waals surface area contributed by atoms with Crippen molar-refractivity contribution >= 4 is 0 Å². The third-order valence-electron chi connectivity index (χ3n) is 2.38. The Morgan fingerprint density at radius 3 is 2.83 bits per heavy atom. The van der Waals surface area contributed by atoms with E-state index in [1.165, 1.54) is 0 Å². The van der Waals surface area contributed by atoms with E-state index in [2.05, 4.69) is 5.32 Å². The van der Waals surface area contributed by atoms with Gasteiger partial charge in [0.05, 0.1) is 0 Å². The van der Waals surface area contributed by atoms with Crippen molar-refractivity contribution in [2.75, 3.05) is 19.7 Å². The van der Waals surface area contributed by atoms with Gasteiger partial charge in [0.1, 0.15) is 0 Å². The summed E-state index contributed by atoms with van der Waals surface area (Å²) in [5.41, 5.74) is 0. The largest absolute Gasteiger partial charge is 0.396 e. The molecule has 0 aromatic heterocycles. The molecule has 0 amide bonds. The van der Waals surface area contributed by atoms with E-state index in [0.717, 1.165) is 0 Å². The molecule has 2 N–H and O–H groups in total. The molecule has 0 aliphatic carbocycles. The highest BCUT2D eigenvalue weighted by molar-refractivity contribution is 4.81. The summed E-state index contributed by atoms with van der Waals surface area (Å²) < 4.78 is 26.3. The number of halogens is 2. The molecule has 72 valence electrons. The maximum atomic E-state index is 13.2. The van der Waals surface area contributed by atoms with Crippen LogP contribution in [0.5, 0.6) is 0 Å². The molecule has 1 unspecified atom stereocenters. The Bertz CT molecular complexity index is 141. The predicted octanol–water partition coefficient (Wildman–Crippen LogP) is 1.00. The quantitative estimate of drug-likeness (QED) is 0.663. The van der Waals surface area contributed by atoms with Crippen LogP contribution in [0, 0.1) is 5.92 Å².